The molecule has 2 N–H and O–H groups in total. The Morgan fingerprint density at radius 2 is 1.82 bits per heavy atom. The third-order valence-corrected chi connectivity index (χ3v) is 10.0. The predicted molar refractivity (Wildman–Crippen MR) is 169 cm³/mol. The molecule has 3 atom stereocenters. The second-order valence-corrected chi connectivity index (χ2v) is 13.5. The van der Waals surface area contributed by atoms with Crippen molar-refractivity contribution < 1.29 is 27.9 Å². The third-order valence-electron chi connectivity index (χ3n) is 8.17. The molecule has 2 heterocycles. The number of ether oxygens (including phenoxy) is 1. The monoisotopic (exact) mass is 618 g/mol. The molecule has 0 fully saturated rings. The summed E-state index contributed by atoms with van der Waals surface area (Å²) in [7, 11) is -0.337. The maximum Gasteiger partial charge on any atom is 0.258 e. The van der Waals surface area contributed by atoms with Gasteiger partial charge in [-0.3, -0.25) is 9.59 Å². The highest BCUT2D eigenvalue weighted by atomic mass is 32.2. The van der Waals surface area contributed by atoms with Crippen LogP contribution in [0.2, 0.25) is 0 Å². The first-order valence-electron chi connectivity index (χ1n) is 14.6. The molecule has 2 amide bonds. The zero-order valence-electron chi connectivity index (χ0n) is 25.3. The number of rotatable bonds is 9. The van der Waals surface area contributed by atoms with Crippen molar-refractivity contribution in [1.82, 2.24) is 13.8 Å². The number of aliphatic hydroxyl groups is 1. The molecule has 11 heteroatoms. The van der Waals surface area contributed by atoms with Gasteiger partial charge in [0.15, 0.2) is 0 Å². The van der Waals surface area contributed by atoms with Crippen LogP contribution in [0.5, 0.6) is 5.75 Å². The summed E-state index contributed by atoms with van der Waals surface area (Å²) in [4.78, 5) is 28.7. The van der Waals surface area contributed by atoms with Crippen molar-refractivity contribution in [3.8, 4) is 5.75 Å². The number of aryl methyl sites for hydroxylation is 1. The second-order valence-electron chi connectivity index (χ2n) is 11.4. The SMILES string of the molecule is C[C@H]1CN([C@@H](C)CO)C(=O)c2cc(NC(=O)Cc3cn(C)c4ccccc34)ccc2O[C@@H]1CN(C)S(=O)(=O)c1ccccc1. The summed E-state index contributed by atoms with van der Waals surface area (Å²) in [6, 6.07) is 20.4. The fraction of sp³-hybridized carbons (Fsp3) is 0.333. The number of likely N-dealkylation sites (N-methyl/N-ethyl adjacent to an activating group) is 1. The normalized spacial score (nSPS) is 18.0. The van der Waals surface area contributed by atoms with Gasteiger partial charge in [0.25, 0.3) is 5.91 Å². The number of amides is 2. The highest BCUT2D eigenvalue weighted by Crippen LogP contribution is 2.31. The molecule has 1 aliphatic heterocycles. The summed E-state index contributed by atoms with van der Waals surface area (Å²) < 4.78 is 36.1. The second kappa shape index (κ2) is 12.8. The number of hydrogen-bond donors (Lipinski definition) is 2. The molecule has 5 rings (SSSR count). The van der Waals surface area contributed by atoms with Gasteiger partial charge in [-0.25, -0.2) is 8.42 Å². The molecule has 0 radical (unpaired) electrons. The van der Waals surface area contributed by atoms with Crippen LogP contribution in [0.1, 0.15) is 29.8 Å². The molecular formula is C33H38N4O6S. The van der Waals surface area contributed by atoms with E-state index >= 15 is 0 Å². The molecule has 0 aliphatic carbocycles. The molecule has 232 valence electrons. The number of benzene rings is 3. The fourth-order valence-electron chi connectivity index (χ4n) is 5.59. The Kier molecular flexibility index (Phi) is 9.10. The molecule has 10 nitrogen and oxygen atoms in total. The van der Waals surface area contributed by atoms with Crippen LogP contribution >= 0.6 is 0 Å². The lowest BCUT2D eigenvalue weighted by molar-refractivity contribution is -0.115. The summed E-state index contributed by atoms with van der Waals surface area (Å²) in [5.41, 5.74) is 2.57. The van der Waals surface area contributed by atoms with Crippen LogP contribution < -0.4 is 10.1 Å². The maximum atomic E-state index is 13.8. The third kappa shape index (κ3) is 6.35. The van der Waals surface area contributed by atoms with Gasteiger partial charge in [-0.1, -0.05) is 43.3 Å². The molecule has 0 bridgehead atoms. The summed E-state index contributed by atoms with van der Waals surface area (Å²) in [6.07, 6.45) is 1.48. The quantitative estimate of drug-likeness (QED) is 0.294. The van der Waals surface area contributed by atoms with Crippen LogP contribution in [0.25, 0.3) is 10.9 Å². The van der Waals surface area contributed by atoms with Gasteiger partial charge in [0.2, 0.25) is 15.9 Å². The minimum atomic E-state index is -3.78. The van der Waals surface area contributed by atoms with E-state index < -0.39 is 22.2 Å². The molecule has 3 aromatic carbocycles. The average molecular weight is 619 g/mol. The highest BCUT2D eigenvalue weighted by molar-refractivity contribution is 7.89. The summed E-state index contributed by atoms with van der Waals surface area (Å²) in [5, 5.41) is 13.9. The van der Waals surface area contributed by atoms with Crippen molar-refractivity contribution in [3.63, 3.8) is 0 Å². The standard InChI is InChI=1S/C33H38N4O6S/c1-22-18-37(23(2)21-38)33(40)28-17-25(34-32(39)16-24-19-35(3)29-13-9-8-12-27(24)29)14-15-30(28)43-31(22)20-36(4)44(41,42)26-10-6-5-7-11-26/h5-15,17,19,22-23,31,38H,16,18,20-21H2,1-4H3,(H,34,39)/t22-,23-,31+/m0/s1. The van der Waals surface area contributed by atoms with Crippen molar-refractivity contribution in [2.24, 2.45) is 13.0 Å². The number of nitrogens with one attached hydrogen (secondary N) is 1. The Hall–Kier alpha value is -4.19. The first-order chi connectivity index (χ1) is 21.0. The van der Waals surface area contributed by atoms with E-state index in [1.165, 1.54) is 11.4 Å². The lowest BCUT2D eigenvalue weighted by Gasteiger charge is -2.38. The predicted octanol–water partition coefficient (Wildman–Crippen LogP) is 3.90. The van der Waals surface area contributed by atoms with Crippen LogP contribution in [0.4, 0.5) is 5.69 Å². The van der Waals surface area contributed by atoms with Crippen LogP contribution in [0, 0.1) is 5.92 Å². The minimum absolute atomic E-state index is 0.0386. The van der Waals surface area contributed by atoms with E-state index in [0.717, 1.165) is 16.5 Å². The van der Waals surface area contributed by atoms with Crippen LogP contribution in [0.15, 0.2) is 83.9 Å². The topological polar surface area (TPSA) is 121 Å². The minimum Gasteiger partial charge on any atom is -0.488 e. The highest BCUT2D eigenvalue weighted by Gasteiger charge is 2.35. The van der Waals surface area contributed by atoms with E-state index in [4.69, 9.17) is 4.74 Å². The smallest absolute Gasteiger partial charge is 0.258 e. The van der Waals surface area contributed by atoms with Gasteiger partial charge in [0, 0.05) is 49.3 Å². The Morgan fingerprint density at radius 3 is 2.55 bits per heavy atom. The van der Waals surface area contributed by atoms with Gasteiger partial charge in [-0.05, 0) is 48.9 Å². The van der Waals surface area contributed by atoms with Crippen molar-refractivity contribution >= 4 is 38.4 Å². The van der Waals surface area contributed by atoms with Gasteiger partial charge in [0.1, 0.15) is 11.9 Å². The zero-order chi connectivity index (χ0) is 31.6. The zero-order valence-corrected chi connectivity index (χ0v) is 26.1. The molecule has 4 aromatic rings. The van der Waals surface area contributed by atoms with Gasteiger partial charge in [0.05, 0.1) is 36.1 Å². The number of anilines is 1. The Labute approximate surface area is 257 Å². The van der Waals surface area contributed by atoms with Gasteiger partial charge in [-0.15, -0.1) is 0 Å². The van der Waals surface area contributed by atoms with Gasteiger partial charge >= 0.3 is 0 Å². The van der Waals surface area contributed by atoms with E-state index in [9.17, 15) is 23.1 Å². The summed E-state index contributed by atoms with van der Waals surface area (Å²) in [6.45, 7) is 3.68. The number of carbonyl (C=O) groups excluding carboxylic acids is 2. The number of sulfonamides is 1. The van der Waals surface area contributed by atoms with E-state index in [2.05, 4.69) is 5.32 Å². The van der Waals surface area contributed by atoms with Crippen LogP contribution in [-0.2, 0) is 28.3 Å². The Balaban J connectivity index is 1.41. The molecular weight excluding hydrogens is 580 g/mol. The lowest BCUT2D eigenvalue weighted by atomic mass is 9.99. The van der Waals surface area contributed by atoms with Crippen molar-refractivity contribution in [1.29, 1.82) is 0 Å². The number of aliphatic hydroxyl groups excluding tert-OH is 1. The van der Waals surface area contributed by atoms with E-state index in [0.29, 0.717) is 5.69 Å². The van der Waals surface area contributed by atoms with E-state index in [1.807, 2.05) is 49.0 Å². The van der Waals surface area contributed by atoms with Crippen LogP contribution in [0.3, 0.4) is 0 Å². The molecule has 0 saturated heterocycles. The molecule has 0 spiro atoms. The average Bonchev–Trinajstić information content (AvgIpc) is 3.33. The number of fused-ring (bicyclic) bond motifs is 2. The fourth-order valence-corrected chi connectivity index (χ4v) is 6.79. The van der Waals surface area contributed by atoms with Crippen molar-refractivity contribution in [3.05, 3.63) is 90.1 Å². The van der Waals surface area contributed by atoms with Gasteiger partial charge in [-0.2, -0.15) is 4.31 Å². The largest absolute Gasteiger partial charge is 0.488 e. The summed E-state index contributed by atoms with van der Waals surface area (Å²) >= 11 is 0. The van der Waals surface area contributed by atoms with Crippen LogP contribution in [-0.4, -0.2) is 78.0 Å². The van der Waals surface area contributed by atoms with E-state index in [-0.39, 0.29) is 60.1 Å². The Bertz CT molecular complexity index is 1770. The first kappa shape index (κ1) is 31.2. The van der Waals surface area contributed by atoms with Gasteiger partial charge < -0.3 is 24.6 Å². The number of hydrogen-bond acceptors (Lipinski definition) is 6. The maximum absolute atomic E-state index is 13.8. The number of aromatic nitrogens is 1. The lowest BCUT2D eigenvalue weighted by Crippen LogP contribution is -2.50. The molecule has 1 aliphatic rings. The summed E-state index contributed by atoms with van der Waals surface area (Å²) in [5.74, 6) is -0.573. The number of para-hydroxylation sites is 1. The number of carbonyl (C=O) groups is 2. The molecule has 1 aromatic heterocycles. The first-order valence-corrected chi connectivity index (χ1v) is 16.0. The van der Waals surface area contributed by atoms with Crippen molar-refractivity contribution in [2.75, 3.05) is 32.1 Å². The molecule has 44 heavy (non-hydrogen) atoms. The van der Waals surface area contributed by atoms with E-state index in [1.54, 1.807) is 60.4 Å². The molecule has 0 saturated carbocycles. The number of nitrogens with zero attached hydrogens (tertiary/aromatic N) is 3. The van der Waals surface area contributed by atoms with Crippen molar-refractivity contribution in [2.45, 2.75) is 37.3 Å². The Morgan fingerprint density at radius 1 is 1.11 bits per heavy atom. The molecule has 0 unspecified atom stereocenters.